The van der Waals surface area contributed by atoms with Gasteiger partial charge in [0.05, 0.1) is 12.2 Å². The molecule has 1 N–H and O–H groups in total. The maximum atomic E-state index is 12.9. The molecule has 0 aliphatic carbocycles. The molecule has 0 aromatic carbocycles. The highest BCUT2D eigenvalue weighted by Crippen LogP contribution is 2.05. The van der Waals surface area contributed by atoms with E-state index < -0.39 is 23.1 Å². The number of aromatic amines is 1. The van der Waals surface area contributed by atoms with Gasteiger partial charge in [0.1, 0.15) is 0 Å². The normalized spacial score (nSPS) is 12.5. The molecule has 6 heteroatoms. The molecule has 0 saturated carbocycles. The molecule has 15 heavy (non-hydrogen) atoms. The van der Waals surface area contributed by atoms with Gasteiger partial charge in [0, 0.05) is 6.42 Å². The van der Waals surface area contributed by atoms with Gasteiger partial charge in [-0.1, -0.05) is 6.92 Å². The molecule has 1 atom stereocenters. The quantitative estimate of drug-likeness (QED) is 0.782. The number of halogens is 1. The number of ketones is 1. The smallest absolute Gasteiger partial charge is 0.297 e. The van der Waals surface area contributed by atoms with Crippen LogP contribution in [0.4, 0.5) is 4.39 Å². The van der Waals surface area contributed by atoms with E-state index in [2.05, 4.69) is 0 Å². The molecule has 0 aliphatic heterocycles. The lowest BCUT2D eigenvalue weighted by molar-refractivity contribution is -0.121. The Morgan fingerprint density at radius 1 is 1.60 bits per heavy atom. The number of Topliss-reactive ketones (excluding diaryl/α,β-unsaturated/α-hetero) is 1. The number of nitrogens with one attached hydrogen (secondary N) is 1. The summed E-state index contributed by atoms with van der Waals surface area (Å²) < 4.78 is 13.7. The maximum Gasteiger partial charge on any atom is 0.329 e. The second-order valence-corrected chi connectivity index (χ2v) is 3.14. The third-order valence-electron chi connectivity index (χ3n) is 2.16. The number of hydrogen-bond donors (Lipinski definition) is 1. The van der Waals surface area contributed by atoms with E-state index in [1.807, 2.05) is 0 Å². The van der Waals surface area contributed by atoms with Crippen molar-refractivity contribution in [3.05, 3.63) is 32.9 Å². The zero-order valence-electron chi connectivity index (χ0n) is 8.41. The predicted octanol–water partition coefficient (Wildman–Crippen LogP) is 0.216. The van der Waals surface area contributed by atoms with Crippen LogP contribution in [0.15, 0.2) is 15.8 Å². The second-order valence-electron chi connectivity index (χ2n) is 3.14. The van der Waals surface area contributed by atoms with E-state index in [-0.39, 0.29) is 12.2 Å². The first-order valence-corrected chi connectivity index (χ1v) is 4.51. The van der Waals surface area contributed by atoms with Crippen molar-refractivity contribution in [1.29, 1.82) is 0 Å². The zero-order valence-corrected chi connectivity index (χ0v) is 8.41. The van der Waals surface area contributed by atoms with E-state index >= 15 is 0 Å². The highest BCUT2D eigenvalue weighted by molar-refractivity contribution is 5.81. The minimum atomic E-state index is -1.08. The van der Waals surface area contributed by atoms with Crippen LogP contribution in [0.2, 0.25) is 0 Å². The number of H-pyrrole nitrogens is 1. The minimum absolute atomic E-state index is 0.205. The van der Waals surface area contributed by atoms with E-state index in [1.165, 1.54) is 6.92 Å². The summed E-state index contributed by atoms with van der Waals surface area (Å²) in [6.07, 6.45) is 0.994. The van der Waals surface area contributed by atoms with Gasteiger partial charge in [0.2, 0.25) is 5.82 Å². The third-order valence-corrected chi connectivity index (χ3v) is 2.16. The van der Waals surface area contributed by atoms with E-state index in [4.69, 9.17) is 0 Å². The van der Waals surface area contributed by atoms with Crippen molar-refractivity contribution in [2.24, 2.45) is 0 Å². The fraction of sp³-hybridized carbons (Fsp3) is 0.444. The van der Waals surface area contributed by atoms with Gasteiger partial charge in [-0.25, -0.2) is 4.79 Å². The third kappa shape index (κ3) is 2.20. The molecule has 0 fully saturated rings. The van der Waals surface area contributed by atoms with Crippen molar-refractivity contribution in [2.45, 2.75) is 26.3 Å². The summed E-state index contributed by atoms with van der Waals surface area (Å²) in [5.41, 5.74) is -1.86. The summed E-state index contributed by atoms with van der Waals surface area (Å²) in [5, 5.41) is 0. The summed E-state index contributed by atoms with van der Waals surface area (Å²) in [6.45, 7) is 3.12. The van der Waals surface area contributed by atoms with Crippen LogP contribution in [0.3, 0.4) is 0 Å². The lowest BCUT2D eigenvalue weighted by atomic mass is 10.2. The second kappa shape index (κ2) is 4.20. The van der Waals surface area contributed by atoms with Gasteiger partial charge in [0.15, 0.2) is 5.78 Å². The van der Waals surface area contributed by atoms with Crippen LogP contribution in [0.5, 0.6) is 0 Å². The van der Waals surface area contributed by atoms with Crippen LogP contribution >= 0.6 is 0 Å². The molecule has 1 heterocycles. The highest BCUT2D eigenvalue weighted by Gasteiger charge is 2.15. The molecule has 0 radical (unpaired) electrons. The fourth-order valence-corrected chi connectivity index (χ4v) is 1.20. The van der Waals surface area contributed by atoms with E-state index in [0.29, 0.717) is 0 Å². The van der Waals surface area contributed by atoms with Crippen LogP contribution in [-0.2, 0) is 4.79 Å². The average Bonchev–Trinajstić information content (AvgIpc) is 2.21. The molecule has 1 unspecified atom stereocenters. The molecule has 0 aliphatic rings. The van der Waals surface area contributed by atoms with Crippen molar-refractivity contribution in [1.82, 2.24) is 9.55 Å². The molecule has 0 amide bonds. The molecule has 1 aromatic heterocycles. The number of hydrogen-bond acceptors (Lipinski definition) is 3. The number of nitrogens with zero attached hydrogens (tertiary/aromatic N) is 1. The Balaban J connectivity index is 3.27. The zero-order chi connectivity index (χ0) is 11.6. The van der Waals surface area contributed by atoms with Gasteiger partial charge >= 0.3 is 5.69 Å². The molecule has 1 aromatic rings. The van der Waals surface area contributed by atoms with Crippen LogP contribution in [0.25, 0.3) is 0 Å². The average molecular weight is 214 g/mol. The van der Waals surface area contributed by atoms with Crippen LogP contribution in [0.1, 0.15) is 26.3 Å². The van der Waals surface area contributed by atoms with Gasteiger partial charge in [-0.2, -0.15) is 4.39 Å². The minimum Gasteiger partial charge on any atom is -0.297 e. The molecule has 1 rings (SSSR count). The fourth-order valence-electron chi connectivity index (χ4n) is 1.20. The van der Waals surface area contributed by atoms with Crippen LogP contribution < -0.4 is 11.2 Å². The van der Waals surface area contributed by atoms with Gasteiger partial charge in [-0.3, -0.25) is 19.1 Å². The van der Waals surface area contributed by atoms with Crippen molar-refractivity contribution in [3.8, 4) is 0 Å². The summed E-state index contributed by atoms with van der Waals surface area (Å²) in [5.74, 6) is -1.28. The Kier molecular flexibility index (Phi) is 3.18. The van der Waals surface area contributed by atoms with Crippen LogP contribution in [0, 0.1) is 5.82 Å². The first-order chi connectivity index (χ1) is 6.97. The number of carbonyl (C=O) groups is 1. The summed E-state index contributed by atoms with van der Waals surface area (Å²) >= 11 is 0. The van der Waals surface area contributed by atoms with Gasteiger partial charge in [-0.15, -0.1) is 0 Å². The summed E-state index contributed by atoms with van der Waals surface area (Å²) in [7, 11) is 0. The number of rotatable bonds is 3. The molecular weight excluding hydrogens is 203 g/mol. The lowest BCUT2D eigenvalue weighted by Gasteiger charge is -2.11. The summed E-state index contributed by atoms with van der Waals surface area (Å²) in [4.78, 5) is 35.0. The van der Waals surface area contributed by atoms with E-state index in [0.717, 1.165) is 10.8 Å². The highest BCUT2D eigenvalue weighted by atomic mass is 19.1. The molecule has 5 nitrogen and oxygen atoms in total. The first-order valence-electron chi connectivity index (χ1n) is 4.51. The Morgan fingerprint density at radius 2 is 2.20 bits per heavy atom. The van der Waals surface area contributed by atoms with E-state index in [9.17, 15) is 18.8 Å². The Hall–Kier alpha value is -1.72. The molecule has 0 saturated heterocycles. The topological polar surface area (TPSA) is 71.9 Å². The monoisotopic (exact) mass is 214 g/mol. The molecule has 0 bridgehead atoms. The largest absolute Gasteiger partial charge is 0.329 e. The molecule has 0 spiro atoms. The summed E-state index contributed by atoms with van der Waals surface area (Å²) in [6, 6.07) is -0.770. The van der Waals surface area contributed by atoms with Crippen LogP contribution in [-0.4, -0.2) is 15.3 Å². The van der Waals surface area contributed by atoms with Crippen molar-refractivity contribution in [3.63, 3.8) is 0 Å². The maximum absolute atomic E-state index is 12.9. The Morgan fingerprint density at radius 3 is 2.73 bits per heavy atom. The Labute approximate surface area is 84.6 Å². The molecule has 82 valence electrons. The predicted molar refractivity (Wildman–Crippen MR) is 51.3 cm³/mol. The number of aromatic nitrogens is 2. The van der Waals surface area contributed by atoms with Crippen molar-refractivity contribution >= 4 is 5.78 Å². The van der Waals surface area contributed by atoms with Crippen molar-refractivity contribution < 1.29 is 9.18 Å². The number of carbonyl (C=O) groups excluding carboxylic acids is 1. The van der Waals surface area contributed by atoms with Gasteiger partial charge < -0.3 is 0 Å². The lowest BCUT2D eigenvalue weighted by Crippen LogP contribution is -2.35. The standard InChI is InChI=1S/C9H11FN2O3/c1-3-7(13)5(2)12-4-6(10)8(14)11-9(12)15/h4-5H,3H2,1-2H3,(H,11,14,15). The first kappa shape index (κ1) is 11.4. The van der Waals surface area contributed by atoms with Gasteiger partial charge in [-0.05, 0) is 6.92 Å². The van der Waals surface area contributed by atoms with E-state index in [1.54, 1.807) is 11.9 Å². The van der Waals surface area contributed by atoms with Crippen molar-refractivity contribution in [2.75, 3.05) is 0 Å². The van der Waals surface area contributed by atoms with Gasteiger partial charge in [0.25, 0.3) is 5.56 Å². The Bertz CT molecular complexity index is 489. The SMILES string of the molecule is CCC(=O)C(C)n1cc(F)c(=O)[nH]c1=O. The molecular formula is C9H11FN2O3.